The van der Waals surface area contributed by atoms with Crippen LogP contribution in [0, 0.1) is 17.8 Å². The van der Waals surface area contributed by atoms with E-state index in [2.05, 4.69) is 16.0 Å². The van der Waals surface area contributed by atoms with E-state index < -0.39 is 114 Å². The molecule has 0 radical (unpaired) electrons. The molecule has 0 bridgehead atoms. The van der Waals surface area contributed by atoms with Crippen molar-refractivity contribution in [3.8, 4) is 0 Å². The predicted octanol–water partition coefficient (Wildman–Crippen LogP) is -0.0922. The van der Waals surface area contributed by atoms with Crippen LogP contribution in [0.15, 0.2) is 60.8 Å². The largest absolute Gasteiger partial charge is 0.480 e. The minimum atomic E-state index is -1.18. The van der Waals surface area contributed by atoms with Crippen LogP contribution in [0.1, 0.15) is 98.6 Å². The van der Waals surface area contributed by atoms with Gasteiger partial charge in [0.05, 0.1) is 12.6 Å². The number of hydrogen-bond acceptors (Lipinski definition) is 22. The SMILES string of the molecule is CC(C)C(N)C(=O)O.CC(C)CC(N)C(=O)O.CC(N)C(=O)O.CC(O)C(N)C(=O)O.CCC(C)C(N)C(=O)O.CSCCC(N)C(=O)O.NC(Cc1c[nH]c2ccccc12)C(=O)O.NC(Cc1ccccc1)C(=O)O.NCC(=O)O.O=C(O)[C@@H]1CCCN1. The van der Waals surface area contributed by atoms with Gasteiger partial charge in [-0.2, -0.15) is 11.8 Å². The molecule has 10 unspecified atom stereocenters. The van der Waals surface area contributed by atoms with Gasteiger partial charge in [-0.25, -0.2) is 0 Å². The zero-order chi connectivity index (χ0) is 70.9. The number of rotatable bonds is 23. The number of carboxylic acids is 10. The Morgan fingerprint density at radius 2 is 1.00 bits per heavy atom. The van der Waals surface area contributed by atoms with Gasteiger partial charge in [0.2, 0.25) is 0 Å². The first kappa shape index (κ1) is 92.7. The first-order valence-electron chi connectivity index (χ1n) is 27.5. The highest BCUT2D eigenvalue weighted by atomic mass is 32.2. The molecule has 31 N–H and O–H groups in total. The smallest absolute Gasteiger partial charge is 0.323 e. The number of aliphatic carboxylic acids is 10. The summed E-state index contributed by atoms with van der Waals surface area (Å²) in [6.45, 7) is 14.5. The van der Waals surface area contributed by atoms with Crippen molar-refractivity contribution in [1.82, 2.24) is 10.3 Å². The van der Waals surface area contributed by atoms with Gasteiger partial charge in [-0.05, 0) is 99.5 Å². The van der Waals surface area contributed by atoms with Crippen molar-refractivity contribution < 1.29 is 104 Å². The second kappa shape index (κ2) is 54.7. The first-order valence-corrected chi connectivity index (χ1v) is 28.9. The van der Waals surface area contributed by atoms with Crippen molar-refractivity contribution >= 4 is 82.4 Å². The van der Waals surface area contributed by atoms with Gasteiger partial charge in [-0.3, -0.25) is 47.9 Å². The van der Waals surface area contributed by atoms with Gasteiger partial charge in [0.1, 0.15) is 54.4 Å². The highest BCUT2D eigenvalue weighted by Crippen LogP contribution is 2.18. The van der Waals surface area contributed by atoms with Gasteiger partial charge < -0.3 is 118 Å². The van der Waals surface area contributed by atoms with Crippen LogP contribution in [0.4, 0.5) is 0 Å². The maximum atomic E-state index is 10.6. The molecule has 3 aromatic rings. The Morgan fingerprint density at radius 3 is 1.27 bits per heavy atom. The van der Waals surface area contributed by atoms with E-state index in [-0.39, 0.29) is 24.4 Å². The van der Waals surface area contributed by atoms with E-state index in [1.165, 1.54) is 13.8 Å². The number of hydrogen-bond donors (Lipinski definition) is 22. The van der Waals surface area contributed by atoms with Gasteiger partial charge in [-0.15, -0.1) is 0 Å². The zero-order valence-electron chi connectivity index (χ0n) is 52.0. The first-order chi connectivity index (χ1) is 41.0. The fraction of sp³-hybridized carbons (Fsp3) is 0.571. The van der Waals surface area contributed by atoms with Crippen molar-refractivity contribution in [3.05, 3.63) is 71.9 Å². The molecule has 1 fully saturated rings. The summed E-state index contributed by atoms with van der Waals surface area (Å²) in [6.07, 6.45) is 7.19. The summed E-state index contributed by atoms with van der Waals surface area (Å²) in [7, 11) is 0. The van der Waals surface area contributed by atoms with Crippen LogP contribution in [0.25, 0.3) is 10.9 Å². The maximum Gasteiger partial charge on any atom is 0.323 e. The molecule has 0 amide bonds. The van der Waals surface area contributed by atoms with Crippen LogP contribution < -0.4 is 56.9 Å². The number of fused-ring (bicyclic) bond motifs is 1. The fourth-order valence-electron chi connectivity index (χ4n) is 5.44. The molecule has 1 saturated heterocycles. The van der Waals surface area contributed by atoms with Crippen molar-refractivity contribution in [2.75, 3.05) is 25.1 Å². The quantitative estimate of drug-likeness (QED) is 0.0590. The van der Waals surface area contributed by atoms with E-state index >= 15 is 0 Å². The molecule has 512 valence electrons. The molecular formula is C56H101N11O21S. The predicted molar refractivity (Wildman–Crippen MR) is 336 cm³/mol. The molecule has 32 nitrogen and oxygen atoms in total. The van der Waals surface area contributed by atoms with E-state index in [1.54, 1.807) is 25.6 Å². The normalized spacial score (nSPS) is 15.0. The number of aromatic nitrogens is 1. The van der Waals surface area contributed by atoms with E-state index in [0.29, 0.717) is 31.6 Å². The van der Waals surface area contributed by atoms with E-state index in [4.69, 9.17) is 102 Å². The molecule has 0 aliphatic carbocycles. The maximum absolute atomic E-state index is 10.6. The van der Waals surface area contributed by atoms with E-state index in [0.717, 1.165) is 53.6 Å². The number of thioether (sulfide) groups is 1. The average Bonchev–Trinajstić information content (AvgIpc) is 2.43. The Balaban J connectivity index is -0.000000218. The van der Waals surface area contributed by atoms with Gasteiger partial charge in [-0.1, -0.05) is 96.5 Å². The molecule has 1 aromatic heterocycles. The number of nitrogens with two attached hydrogens (primary N) is 9. The molecule has 1 aliphatic heterocycles. The standard InChI is InChI=1S/C11H12N2O2.C9H11NO2.2C6H13NO2.C5H11NO2S.C5H9NO2.C5H11NO2.C4H9NO3.C3H7NO2.C2H5NO2/c12-9(11(14)15)5-7-6-13-10-4-2-1-3-8(7)10;10-8(9(11)12)6-7-4-2-1-3-5-7;1-4(2)3-5(7)6(8)9;1-3-4(2)5(7)6(8)9;1-9-3-2-4(6)5(7)8;7-5(8)4-2-1-3-6-4;1-3(2)4(6)5(7)8;1-2(6)3(5)4(7)8;1-2(4)3(5)6;3-1-2(4)5/h1-4,6,9,13H,5,12H2,(H,14,15);1-5,8H,6,10H2,(H,11,12);2*4-5H,3,7H2,1-2H3,(H,8,9);4H,2-3,6H2,1H3,(H,7,8);4,6H,1-3H2,(H,7,8);3-4H,6H2,1-2H3,(H,7,8);2-3,6H,5H2,1H3,(H,7,8);2H,4H2,1H3,(H,5,6);1,3H2,(H,4,5)/t;;;;;4-;;;;/m.....0..../s1. The minimum Gasteiger partial charge on any atom is -0.480 e. The van der Waals surface area contributed by atoms with Crippen molar-refractivity contribution in [2.45, 2.75) is 161 Å². The number of aliphatic hydroxyl groups is 1. The van der Waals surface area contributed by atoms with Crippen LogP contribution >= 0.6 is 11.8 Å². The molecule has 0 spiro atoms. The number of H-pyrrole nitrogens is 1. The van der Waals surface area contributed by atoms with Crippen molar-refractivity contribution in [2.24, 2.45) is 69.4 Å². The summed E-state index contributed by atoms with van der Waals surface area (Å²) in [5, 5.41) is 94.7. The lowest BCUT2D eigenvalue weighted by Gasteiger charge is -2.11. The average molecular weight is 1300 g/mol. The highest BCUT2D eigenvalue weighted by Gasteiger charge is 2.21. The molecular weight excluding hydrogens is 1190 g/mol. The Hall–Kier alpha value is -7.41. The molecule has 11 atom stereocenters. The zero-order valence-corrected chi connectivity index (χ0v) is 52.8. The summed E-state index contributed by atoms with van der Waals surface area (Å²) in [4.78, 5) is 103. The highest BCUT2D eigenvalue weighted by molar-refractivity contribution is 7.98. The van der Waals surface area contributed by atoms with Crippen molar-refractivity contribution in [1.29, 1.82) is 0 Å². The van der Waals surface area contributed by atoms with Gasteiger partial charge in [0, 0.05) is 23.5 Å². The Kier molecular flexibility index (Phi) is 57.0. The fourth-order valence-corrected chi connectivity index (χ4v) is 5.93. The molecule has 89 heavy (non-hydrogen) atoms. The number of carbonyl (C=O) groups is 10. The van der Waals surface area contributed by atoms with E-state index in [1.807, 2.05) is 94.7 Å². The Bertz CT molecular complexity index is 2410. The number of carboxylic acid groups (broad SMARTS) is 10. The second-order valence-electron chi connectivity index (χ2n) is 20.1. The number of aliphatic hydroxyl groups excluding tert-OH is 1. The number of para-hydroxylation sites is 1. The number of nitrogens with one attached hydrogen (secondary N) is 2. The molecule has 1 aliphatic rings. The summed E-state index contributed by atoms with van der Waals surface area (Å²) >= 11 is 1.60. The van der Waals surface area contributed by atoms with Gasteiger partial charge in [0.25, 0.3) is 0 Å². The van der Waals surface area contributed by atoms with Gasteiger partial charge in [0.15, 0.2) is 0 Å². The minimum absolute atomic E-state index is 0.0208. The molecule has 33 heteroatoms. The van der Waals surface area contributed by atoms with Crippen LogP contribution in [0.3, 0.4) is 0 Å². The Morgan fingerprint density at radius 1 is 0.573 bits per heavy atom. The van der Waals surface area contributed by atoms with Crippen molar-refractivity contribution in [3.63, 3.8) is 0 Å². The molecule has 2 aromatic carbocycles. The van der Waals surface area contributed by atoms with Crippen LogP contribution in [0.2, 0.25) is 0 Å². The third kappa shape index (κ3) is 54.5. The second-order valence-corrected chi connectivity index (χ2v) is 21.1. The lowest BCUT2D eigenvalue weighted by molar-refractivity contribution is -0.141. The van der Waals surface area contributed by atoms with Crippen LogP contribution in [-0.2, 0) is 60.8 Å². The number of aromatic amines is 1. The van der Waals surface area contributed by atoms with E-state index in [9.17, 15) is 47.9 Å². The lowest BCUT2D eigenvalue weighted by Crippen LogP contribution is -2.39. The van der Waals surface area contributed by atoms with Gasteiger partial charge >= 0.3 is 59.7 Å². The monoisotopic (exact) mass is 1300 g/mol. The third-order valence-electron chi connectivity index (χ3n) is 11.3. The summed E-state index contributed by atoms with van der Waals surface area (Å²) in [5.74, 6) is -8.17. The number of benzene rings is 2. The summed E-state index contributed by atoms with van der Waals surface area (Å²) in [5.41, 5.74) is 48.9. The lowest BCUT2D eigenvalue weighted by atomic mass is 10.0. The molecule has 0 saturated carbocycles. The van der Waals surface area contributed by atoms with Crippen LogP contribution in [-0.4, -0.2) is 206 Å². The molecule has 4 rings (SSSR count). The summed E-state index contributed by atoms with van der Waals surface area (Å²) < 4.78 is 0. The Labute approximate surface area is 522 Å². The third-order valence-corrected chi connectivity index (χ3v) is 12.0. The summed E-state index contributed by atoms with van der Waals surface area (Å²) in [6, 6.07) is 10.5. The topological polar surface area (TPSA) is 655 Å². The van der Waals surface area contributed by atoms with Crippen LogP contribution in [0.5, 0.6) is 0 Å². The molecule has 2 heterocycles.